The molecule has 1 saturated carbocycles. The number of benzene rings is 1. The molecule has 1 aromatic rings. The molecule has 4 rings (SSSR count). The fraction of sp³-hybridized carbons (Fsp3) is 0.731. The van der Waals surface area contributed by atoms with Crippen molar-refractivity contribution in [2.75, 3.05) is 26.7 Å². The van der Waals surface area contributed by atoms with E-state index in [1.807, 2.05) is 0 Å². The van der Waals surface area contributed by atoms with Gasteiger partial charge in [-0.25, -0.2) is 0 Å². The van der Waals surface area contributed by atoms with Crippen LogP contribution in [-0.2, 0) is 4.79 Å². The van der Waals surface area contributed by atoms with Crippen molar-refractivity contribution in [3.05, 3.63) is 35.9 Å². The van der Waals surface area contributed by atoms with Gasteiger partial charge in [-0.3, -0.25) is 4.79 Å². The van der Waals surface area contributed by atoms with Gasteiger partial charge in [-0.2, -0.15) is 0 Å². The van der Waals surface area contributed by atoms with Crippen LogP contribution in [0.3, 0.4) is 0 Å². The number of aliphatic hydroxyl groups excluding tert-OH is 1. The Labute approximate surface area is 182 Å². The van der Waals surface area contributed by atoms with Crippen molar-refractivity contribution in [3.8, 4) is 0 Å². The Morgan fingerprint density at radius 3 is 2.67 bits per heavy atom. The highest BCUT2D eigenvalue weighted by Gasteiger charge is 2.36. The van der Waals surface area contributed by atoms with E-state index in [4.69, 9.17) is 0 Å². The fourth-order valence-electron chi connectivity index (χ4n) is 6.40. The van der Waals surface area contributed by atoms with Crippen LogP contribution in [0.15, 0.2) is 30.3 Å². The highest BCUT2D eigenvalue weighted by atomic mass is 16.3. The van der Waals surface area contributed by atoms with Gasteiger partial charge in [-0.05, 0) is 75.9 Å². The number of hydrogen-bond donors (Lipinski definition) is 1. The molecule has 30 heavy (non-hydrogen) atoms. The van der Waals surface area contributed by atoms with E-state index in [9.17, 15) is 9.90 Å². The Kier molecular flexibility index (Phi) is 7.48. The molecular weight excluding hydrogens is 372 g/mol. The minimum atomic E-state index is -0.319. The van der Waals surface area contributed by atoms with E-state index >= 15 is 0 Å². The summed E-state index contributed by atoms with van der Waals surface area (Å²) in [6, 6.07) is 11.2. The van der Waals surface area contributed by atoms with Gasteiger partial charge >= 0.3 is 0 Å². The lowest BCUT2D eigenvalue weighted by Gasteiger charge is -2.44. The molecule has 2 saturated heterocycles. The molecule has 2 aliphatic heterocycles. The highest BCUT2D eigenvalue weighted by Crippen LogP contribution is 2.37. The second-order valence-corrected chi connectivity index (χ2v) is 10.0. The first-order valence-corrected chi connectivity index (χ1v) is 12.3. The van der Waals surface area contributed by atoms with E-state index in [-0.39, 0.29) is 12.0 Å². The summed E-state index contributed by atoms with van der Waals surface area (Å²) in [7, 11) is 2.17. The van der Waals surface area contributed by atoms with E-state index in [0.717, 1.165) is 44.8 Å². The zero-order valence-electron chi connectivity index (χ0n) is 18.7. The zero-order chi connectivity index (χ0) is 20.9. The van der Waals surface area contributed by atoms with Crippen LogP contribution < -0.4 is 0 Å². The molecule has 0 aromatic heterocycles. The van der Waals surface area contributed by atoms with Crippen molar-refractivity contribution in [2.45, 2.75) is 82.3 Å². The fourth-order valence-corrected chi connectivity index (χ4v) is 6.40. The van der Waals surface area contributed by atoms with Crippen molar-refractivity contribution in [1.82, 2.24) is 9.80 Å². The Morgan fingerprint density at radius 1 is 1.07 bits per heavy atom. The minimum Gasteiger partial charge on any atom is -0.393 e. The average Bonchev–Trinajstić information content (AvgIpc) is 2.79. The van der Waals surface area contributed by atoms with Crippen molar-refractivity contribution in [2.24, 2.45) is 11.8 Å². The topological polar surface area (TPSA) is 43.8 Å². The lowest BCUT2D eigenvalue weighted by atomic mass is 9.76. The van der Waals surface area contributed by atoms with Gasteiger partial charge in [0.1, 0.15) is 0 Å². The number of nitrogens with zero attached hydrogens (tertiary/aromatic N) is 2. The molecule has 1 aliphatic carbocycles. The zero-order valence-corrected chi connectivity index (χ0v) is 18.7. The number of amides is 1. The maximum atomic E-state index is 13.0. The summed E-state index contributed by atoms with van der Waals surface area (Å²) in [4.78, 5) is 17.6. The minimum absolute atomic E-state index is 0.288. The molecule has 4 nitrogen and oxygen atoms in total. The van der Waals surface area contributed by atoms with Crippen LogP contribution >= 0.6 is 0 Å². The maximum absolute atomic E-state index is 13.0. The molecule has 3 fully saturated rings. The number of carbonyl (C=O) groups excluding carboxylic acids is 1. The molecule has 4 heteroatoms. The summed E-state index contributed by atoms with van der Waals surface area (Å²) in [5.41, 5.74) is 1.33. The smallest absolute Gasteiger partial charge is 0.222 e. The molecule has 166 valence electrons. The molecule has 2 heterocycles. The summed E-state index contributed by atoms with van der Waals surface area (Å²) in [6.45, 7) is 3.00. The quantitative estimate of drug-likeness (QED) is 0.751. The number of fused-ring (bicyclic) bond motifs is 1. The van der Waals surface area contributed by atoms with E-state index in [1.165, 1.54) is 44.1 Å². The van der Waals surface area contributed by atoms with E-state index < -0.39 is 0 Å². The third kappa shape index (κ3) is 5.08. The maximum Gasteiger partial charge on any atom is 0.222 e. The van der Waals surface area contributed by atoms with Gasteiger partial charge in [0.15, 0.2) is 0 Å². The summed E-state index contributed by atoms with van der Waals surface area (Å²) >= 11 is 0. The van der Waals surface area contributed by atoms with Crippen LogP contribution in [0.25, 0.3) is 0 Å². The summed E-state index contributed by atoms with van der Waals surface area (Å²) in [5.74, 6) is 1.74. The summed E-state index contributed by atoms with van der Waals surface area (Å²) in [5, 5.41) is 11.1. The van der Waals surface area contributed by atoms with Gasteiger partial charge in [0.25, 0.3) is 0 Å². The predicted octanol–water partition coefficient (Wildman–Crippen LogP) is 4.43. The number of aliphatic hydroxyl groups is 1. The van der Waals surface area contributed by atoms with Gasteiger partial charge < -0.3 is 14.9 Å². The molecule has 3 aliphatic rings. The van der Waals surface area contributed by atoms with E-state index in [2.05, 4.69) is 47.2 Å². The monoisotopic (exact) mass is 412 g/mol. The SMILES string of the molecule is CN1CCC(C(O)CCCC(=O)N2CCCC3CCCCC32)C(c2ccccc2)C1. The molecule has 1 N–H and O–H groups in total. The number of hydrogen-bond acceptors (Lipinski definition) is 3. The first-order chi connectivity index (χ1) is 14.6. The molecule has 0 radical (unpaired) electrons. The third-order valence-corrected chi connectivity index (χ3v) is 8.05. The number of likely N-dealkylation sites (tertiary alicyclic amines) is 2. The Morgan fingerprint density at radius 2 is 1.83 bits per heavy atom. The standard InChI is InChI=1S/C26H40N2O2/c1-27-18-16-22(23(19-27)20-9-3-2-4-10-20)25(29)14-7-15-26(30)28-17-8-12-21-11-5-6-13-24(21)28/h2-4,9-10,21-25,29H,5-8,11-19H2,1H3. The second-order valence-electron chi connectivity index (χ2n) is 10.0. The molecule has 0 spiro atoms. The van der Waals surface area contributed by atoms with Crippen molar-refractivity contribution < 1.29 is 9.90 Å². The molecule has 1 amide bonds. The summed E-state index contributed by atoms with van der Waals surface area (Å²) < 4.78 is 0. The number of likely N-dealkylation sites (N-methyl/N-ethyl adjacent to an activating group) is 1. The molecular formula is C26H40N2O2. The van der Waals surface area contributed by atoms with Crippen LogP contribution in [0.5, 0.6) is 0 Å². The normalized spacial score (nSPS) is 31.2. The van der Waals surface area contributed by atoms with Crippen molar-refractivity contribution >= 4 is 5.91 Å². The molecule has 1 aromatic carbocycles. The largest absolute Gasteiger partial charge is 0.393 e. The average molecular weight is 413 g/mol. The van der Waals surface area contributed by atoms with E-state index in [0.29, 0.717) is 24.3 Å². The van der Waals surface area contributed by atoms with Crippen LogP contribution in [0.1, 0.15) is 75.7 Å². The number of rotatable bonds is 6. The van der Waals surface area contributed by atoms with Crippen LogP contribution in [0.4, 0.5) is 0 Å². The van der Waals surface area contributed by atoms with Crippen LogP contribution in [0, 0.1) is 11.8 Å². The first-order valence-electron chi connectivity index (χ1n) is 12.3. The second kappa shape index (κ2) is 10.3. The van der Waals surface area contributed by atoms with Gasteiger partial charge in [-0.1, -0.05) is 43.2 Å². The predicted molar refractivity (Wildman–Crippen MR) is 121 cm³/mol. The van der Waals surface area contributed by atoms with Crippen molar-refractivity contribution in [3.63, 3.8) is 0 Å². The molecule has 5 atom stereocenters. The Bertz CT molecular complexity index is 677. The van der Waals surface area contributed by atoms with Gasteiger partial charge in [0, 0.05) is 31.5 Å². The van der Waals surface area contributed by atoms with Gasteiger partial charge in [0.2, 0.25) is 5.91 Å². The Hall–Kier alpha value is -1.39. The van der Waals surface area contributed by atoms with Gasteiger partial charge in [0.05, 0.1) is 6.10 Å². The number of piperidine rings is 2. The van der Waals surface area contributed by atoms with Crippen LogP contribution in [-0.4, -0.2) is 59.6 Å². The van der Waals surface area contributed by atoms with Gasteiger partial charge in [-0.15, -0.1) is 0 Å². The van der Waals surface area contributed by atoms with Crippen molar-refractivity contribution in [1.29, 1.82) is 0 Å². The highest BCUT2D eigenvalue weighted by molar-refractivity contribution is 5.76. The lowest BCUT2D eigenvalue weighted by molar-refractivity contribution is -0.137. The van der Waals surface area contributed by atoms with Crippen LogP contribution in [0.2, 0.25) is 0 Å². The number of carbonyl (C=O) groups is 1. The van der Waals surface area contributed by atoms with E-state index in [1.54, 1.807) is 0 Å². The first kappa shape index (κ1) is 21.8. The third-order valence-electron chi connectivity index (χ3n) is 8.05. The molecule has 0 bridgehead atoms. The summed E-state index contributed by atoms with van der Waals surface area (Å²) in [6.07, 6.45) is 10.5. The molecule has 5 unspecified atom stereocenters. The lowest BCUT2D eigenvalue weighted by Crippen LogP contribution is -2.49. The Balaban J connectivity index is 1.30.